The molecule has 10 nitrogen and oxygen atoms in total. The molecular weight excluding hydrogens is 470 g/mol. The van der Waals surface area contributed by atoms with E-state index in [0.29, 0.717) is 36.0 Å². The summed E-state index contributed by atoms with van der Waals surface area (Å²) in [5, 5.41) is 0. The van der Waals surface area contributed by atoms with Crippen LogP contribution in [-0.4, -0.2) is 53.6 Å². The fourth-order valence-corrected chi connectivity index (χ4v) is 6.11. The molecule has 0 amide bonds. The van der Waals surface area contributed by atoms with E-state index in [1.54, 1.807) is 13.0 Å². The van der Waals surface area contributed by atoms with Gasteiger partial charge in [-0.3, -0.25) is 4.98 Å². The van der Waals surface area contributed by atoms with E-state index in [9.17, 15) is 13.2 Å². The highest BCUT2D eigenvalue weighted by Crippen LogP contribution is 2.36. The maximum atomic E-state index is 13.1. The van der Waals surface area contributed by atoms with Crippen molar-refractivity contribution in [2.45, 2.75) is 69.3 Å². The van der Waals surface area contributed by atoms with Crippen molar-refractivity contribution < 1.29 is 17.9 Å². The number of fused-ring (bicyclic) bond motifs is 1. The standard InChI is InChI=1S/C24H31N5O5S/c1-3-33-20-11-10-18(35(31,32)25-14-17-9-6-12-34-17)13-19(20)22-27-23-21(16-7-4-5-8-16)26-15(2)29(23)24(30)28-22/h10-11,13,16-17,25H,3-9,12,14H2,1-2H3,(H,27,28,30)/t17-/m0/s1. The van der Waals surface area contributed by atoms with Gasteiger partial charge in [0, 0.05) is 19.1 Å². The lowest BCUT2D eigenvalue weighted by atomic mass is 10.0. The van der Waals surface area contributed by atoms with Gasteiger partial charge in [0.2, 0.25) is 10.0 Å². The summed E-state index contributed by atoms with van der Waals surface area (Å²) in [7, 11) is -3.80. The van der Waals surface area contributed by atoms with Crippen LogP contribution in [0.2, 0.25) is 0 Å². The van der Waals surface area contributed by atoms with Crippen molar-refractivity contribution in [2.75, 3.05) is 19.8 Å². The van der Waals surface area contributed by atoms with Gasteiger partial charge in [0.25, 0.3) is 0 Å². The molecule has 1 atom stereocenters. The minimum atomic E-state index is -3.80. The van der Waals surface area contributed by atoms with Crippen molar-refractivity contribution in [2.24, 2.45) is 0 Å². The Kier molecular flexibility index (Phi) is 6.65. The summed E-state index contributed by atoms with van der Waals surface area (Å²) >= 11 is 0. The maximum Gasteiger partial charge on any atom is 0.334 e. The van der Waals surface area contributed by atoms with Crippen LogP contribution in [0.1, 0.15) is 62.9 Å². The topological polar surface area (TPSA) is 128 Å². The SMILES string of the molecule is CCOc1ccc(S(=O)(=O)NC[C@@H]2CCCO2)cc1-c1nc2c(C3CCCC3)nc(C)n2c(=O)[nH]1. The molecule has 11 heteroatoms. The van der Waals surface area contributed by atoms with Gasteiger partial charge >= 0.3 is 5.69 Å². The third-order valence-electron chi connectivity index (χ3n) is 6.78. The lowest BCUT2D eigenvalue weighted by Crippen LogP contribution is -2.31. The van der Waals surface area contributed by atoms with E-state index in [2.05, 4.69) is 14.7 Å². The van der Waals surface area contributed by atoms with Gasteiger partial charge in [0.1, 0.15) is 17.4 Å². The van der Waals surface area contributed by atoms with E-state index in [-0.39, 0.29) is 35.0 Å². The van der Waals surface area contributed by atoms with Crippen molar-refractivity contribution >= 4 is 15.7 Å². The molecule has 2 N–H and O–H groups in total. The Morgan fingerprint density at radius 3 is 2.71 bits per heavy atom. The van der Waals surface area contributed by atoms with Gasteiger partial charge in [-0.2, -0.15) is 0 Å². The Balaban J connectivity index is 1.57. The average molecular weight is 502 g/mol. The van der Waals surface area contributed by atoms with Crippen LogP contribution in [0.5, 0.6) is 5.75 Å². The molecule has 35 heavy (non-hydrogen) atoms. The molecule has 188 valence electrons. The lowest BCUT2D eigenvalue weighted by molar-refractivity contribution is 0.114. The summed E-state index contributed by atoms with van der Waals surface area (Å²) in [4.78, 5) is 25.4. The van der Waals surface area contributed by atoms with Crippen LogP contribution in [0.15, 0.2) is 27.9 Å². The first kappa shape index (κ1) is 24.0. The fraction of sp³-hybridized carbons (Fsp3) is 0.542. The molecule has 3 aromatic rings. The zero-order chi connectivity index (χ0) is 24.6. The van der Waals surface area contributed by atoms with Gasteiger partial charge in [-0.05, 0) is 57.7 Å². The zero-order valence-electron chi connectivity index (χ0n) is 20.0. The number of hydrogen-bond donors (Lipinski definition) is 2. The molecule has 3 heterocycles. The number of sulfonamides is 1. The van der Waals surface area contributed by atoms with Crippen LogP contribution in [0.4, 0.5) is 0 Å². The number of H-pyrrole nitrogens is 1. The quantitative estimate of drug-likeness (QED) is 0.486. The molecule has 2 aliphatic rings. The van der Waals surface area contributed by atoms with Crippen molar-refractivity contribution in [1.82, 2.24) is 24.1 Å². The Morgan fingerprint density at radius 2 is 2.00 bits per heavy atom. The van der Waals surface area contributed by atoms with Crippen molar-refractivity contribution in [3.05, 3.63) is 40.2 Å². The Morgan fingerprint density at radius 1 is 1.20 bits per heavy atom. The molecule has 1 saturated heterocycles. The number of benzene rings is 1. The Bertz CT molecular complexity index is 1390. The van der Waals surface area contributed by atoms with Gasteiger partial charge in [0.15, 0.2) is 5.65 Å². The first-order valence-electron chi connectivity index (χ1n) is 12.2. The predicted molar refractivity (Wildman–Crippen MR) is 130 cm³/mol. The minimum absolute atomic E-state index is 0.0668. The second-order valence-electron chi connectivity index (χ2n) is 9.15. The zero-order valence-corrected chi connectivity index (χ0v) is 20.9. The van der Waals surface area contributed by atoms with Gasteiger partial charge in [-0.25, -0.2) is 32.3 Å². The number of rotatable bonds is 8. The van der Waals surface area contributed by atoms with E-state index in [4.69, 9.17) is 14.5 Å². The molecule has 0 radical (unpaired) electrons. The highest BCUT2D eigenvalue weighted by atomic mass is 32.2. The van der Waals surface area contributed by atoms with Crippen LogP contribution in [-0.2, 0) is 14.8 Å². The molecular formula is C24H31N5O5S. The minimum Gasteiger partial charge on any atom is -0.493 e. The summed E-state index contributed by atoms with van der Waals surface area (Å²) in [6, 6.07) is 4.59. The summed E-state index contributed by atoms with van der Waals surface area (Å²) < 4.78 is 41.5. The fourth-order valence-electron chi connectivity index (χ4n) is 5.02. The molecule has 1 aliphatic heterocycles. The van der Waals surface area contributed by atoms with Crippen LogP contribution >= 0.6 is 0 Å². The number of imidazole rings is 1. The second kappa shape index (κ2) is 9.71. The molecule has 0 bridgehead atoms. The van der Waals surface area contributed by atoms with Crippen molar-refractivity contribution in [1.29, 1.82) is 0 Å². The number of aryl methyl sites for hydroxylation is 1. The van der Waals surface area contributed by atoms with E-state index in [1.165, 1.54) is 16.5 Å². The molecule has 1 saturated carbocycles. The molecule has 2 aromatic heterocycles. The van der Waals surface area contributed by atoms with Gasteiger partial charge < -0.3 is 9.47 Å². The number of ether oxygens (including phenoxy) is 2. The smallest absolute Gasteiger partial charge is 0.334 e. The number of aromatic nitrogens is 4. The molecule has 1 aliphatic carbocycles. The normalized spacial score (nSPS) is 19.1. The largest absolute Gasteiger partial charge is 0.493 e. The number of aromatic amines is 1. The van der Waals surface area contributed by atoms with Gasteiger partial charge in [0.05, 0.1) is 28.9 Å². The Labute approximate surface area is 204 Å². The average Bonchev–Trinajstić information content (AvgIpc) is 3.60. The van der Waals surface area contributed by atoms with Gasteiger partial charge in [-0.15, -0.1) is 0 Å². The first-order valence-corrected chi connectivity index (χ1v) is 13.7. The molecule has 2 fully saturated rings. The lowest BCUT2D eigenvalue weighted by Gasteiger charge is -2.14. The number of nitrogens with one attached hydrogen (secondary N) is 2. The first-order chi connectivity index (χ1) is 16.9. The molecule has 0 spiro atoms. The summed E-state index contributed by atoms with van der Waals surface area (Å²) in [6.07, 6.45) is 5.94. The van der Waals surface area contributed by atoms with E-state index in [0.717, 1.165) is 44.2 Å². The predicted octanol–water partition coefficient (Wildman–Crippen LogP) is 2.91. The van der Waals surface area contributed by atoms with Crippen LogP contribution in [0, 0.1) is 6.92 Å². The van der Waals surface area contributed by atoms with Crippen molar-refractivity contribution in [3.8, 4) is 17.1 Å². The monoisotopic (exact) mass is 501 g/mol. The van der Waals surface area contributed by atoms with Crippen LogP contribution in [0.25, 0.3) is 17.0 Å². The van der Waals surface area contributed by atoms with E-state index in [1.807, 2.05) is 6.92 Å². The van der Waals surface area contributed by atoms with Crippen molar-refractivity contribution in [3.63, 3.8) is 0 Å². The Hall–Kier alpha value is -2.76. The highest BCUT2D eigenvalue weighted by Gasteiger charge is 2.26. The number of nitrogens with zero attached hydrogens (tertiary/aromatic N) is 3. The summed E-state index contributed by atoms with van der Waals surface area (Å²) in [5.74, 6) is 1.54. The van der Waals surface area contributed by atoms with E-state index < -0.39 is 10.0 Å². The van der Waals surface area contributed by atoms with Crippen LogP contribution in [0.3, 0.4) is 0 Å². The second-order valence-corrected chi connectivity index (χ2v) is 10.9. The third kappa shape index (κ3) is 4.72. The number of hydrogen-bond acceptors (Lipinski definition) is 7. The molecule has 1 aromatic carbocycles. The summed E-state index contributed by atoms with van der Waals surface area (Å²) in [5.41, 5.74) is 1.38. The highest BCUT2D eigenvalue weighted by molar-refractivity contribution is 7.89. The molecule has 0 unspecified atom stereocenters. The van der Waals surface area contributed by atoms with Crippen LogP contribution < -0.4 is 15.1 Å². The summed E-state index contributed by atoms with van der Waals surface area (Å²) in [6.45, 7) is 4.88. The molecule has 5 rings (SSSR count). The third-order valence-corrected chi connectivity index (χ3v) is 8.20. The maximum absolute atomic E-state index is 13.1. The van der Waals surface area contributed by atoms with Gasteiger partial charge in [-0.1, -0.05) is 12.8 Å². The van der Waals surface area contributed by atoms with E-state index >= 15 is 0 Å².